The van der Waals surface area contributed by atoms with E-state index in [0.29, 0.717) is 41.0 Å². The normalized spacial score (nSPS) is 17.3. The molecule has 3 heterocycles. The molecule has 32 heavy (non-hydrogen) atoms. The molecule has 0 fully saturated rings. The standard InChI is InChI=1S/C23H23N5O4/c1-30-17-11-14(12-18(31-2)21(17)32-3)20-19-15(5-4-6-16(19)29)25-23-26-22(27-28(20)23)13-7-9-24-10-8-13/h7-12,20H,4-6H2,1-3H3,(H,25,26,27). The number of anilines is 1. The van der Waals surface area contributed by atoms with Crippen molar-refractivity contribution >= 4 is 11.7 Å². The molecular formula is C23H23N5O4. The Kier molecular flexibility index (Phi) is 5.01. The molecule has 9 nitrogen and oxygen atoms in total. The molecule has 1 aliphatic heterocycles. The van der Waals surface area contributed by atoms with Crippen molar-refractivity contribution in [2.24, 2.45) is 0 Å². The van der Waals surface area contributed by atoms with Crippen LogP contribution in [0.2, 0.25) is 0 Å². The zero-order chi connectivity index (χ0) is 22.2. The molecule has 1 aliphatic carbocycles. The maximum absolute atomic E-state index is 13.1. The molecule has 164 valence electrons. The minimum absolute atomic E-state index is 0.101. The predicted molar refractivity (Wildman–Crippen MR) is 117 cm³/mol. The maximum Gasteiger partial charge on any atom is 0.226 e. The topological polar surface area (TPSA) is 100 Å². The summed E-state index contributed by atoms with van der Waals surface area (Å²) in [6.45, 7) is 0. The summed E-state index contributed by atoms with van der Waals surface area (Å²) in [5.41, 5.74) is 3.23. The number of methoxy groups -OCH3 is 3. The maximum atomic E-state index is 13.1. The van der Waals surface area contributed by atoms with Gasteiger partial charge in [-0.05, 0) is 42.7 Å². The Hall–Kier alpha value is -3.88. The van der Waals surface area contributed by atoms with Crippen molar-refractivity contribution in [3.63, 3.8) is 0 Å². The third kappa shape index (κ3) is 3.17. The van der Waals surface area contributed by atoms with Crippen molar-refractivity contribution in [2.45, 2.75) is 25.3 Å². The molecule has 2 aliphatic rings. The van der Waals surface area contributed by atoms with Gasteiger partial charge in [-0.25, -0.2) is 4.68 Å². The average molecular weight is 433 g/mol. The fraction of sp³-hybridized carbons (Fsp3) is 0.304. The zero-order valence-electron chi connectivity index (χ0n) is 18.1. The number of carbonyl (C=O) groups excluding carboxylic acids is 1. The van der Waals surface area contributed by atoms with Gasteiger partial charge < -0.3 is 19.5 Å². The first-order valence-corrected chi connectivity index (χ1v) is 10.3. The van der Waals surface area contributed by atoms with Crippen molar-refractivity contribution in [2.75, 3.05) is 26.6 Å². The van der Waals surface area contributed by atoms with Crippen LogP contribution >= 0.6 is 0 Å². The van der Waals surface area contributed by atoms with E-state index in [9.17, 15) is 4.79 Å². The van der Waals surface area contributed by atoms with Crippen LogP contribution in [0.25, 0.3) is 11.4 Å². The molecule has 0 saturated carbocycles. The molecule has 2 aromatic heterocycles. The molecule has 9 heteroatoms. The van der Waals surface area contributed by atoms with Gasteiger partial charge in [0, 0.05) is 35.6 Å². The molecule has 5 rings (SSSR count). The molecule has 0 spiro atoms. The highest BCUT2D eigenvalue weighted by Crippen LogP contribution is 2.45. The van der Waals surface area contributed by atoms with Gasteiger partial charge in [0.1, 0.15) is 6.04 Å². The number of Topliss-reactive ketones (excluding diaryl/α,β-unsaturated/α-hetero) is 1. The Morgan fingerprint density at radius 3 is 2.41 bits per heavy atom. The van der Waals surface area contributed by atoms with Crippen LogP contribution in [0, 0.1) is 0 Å². The lowest BCUT2D eigenvalue weighted by molar-refractivity contribution is -0.116. The van der Waals surface area contributed by atoms with Gasteiger partial charge in [-0.15, -0.1) is 5.10 Å². The Morgan fingerprint density at radius 2 is 1.75 bits per heavy atom. The van der Waals surface area contributed by atoms with Crippen LogP contribution in [-0.2, 0) is 4.79 Å². The van der Waals surface area contributed by atoms with Crippen LogP contribution in [0.1, 0.15) is 30.9 Å². The summed E-state index contributed by atoms with van der Waals surface area (Å²) in [6, 6.07) is 6.97. The summed E-state index contributed by atoms with van der Waals surface area (Å²) in [5, 5.41) is 8.12. The lowest BCUT2D eigenvalue weighted by atomic mass is 9.85. The van der Waals surface area contributed by atoms with Crippen molar-refractivity contribution in [3.05, 3.63) is 53.5 Å². The summed E-state index contributed by atoms with van der Waals surface area (Å²) >= 11 is 0. The van der Waals surface area contributed by atoms with E-state index in [2.05, 4.69) is 10.3 Å². The van der Waals surface area contributed by atoms with E-state index >= 15 is 0 Å². The number of pyridine rings is 1. The quantitative estimate of drug-likeness (QED) is 0.654. The monoisotopic (exact) mass is 433 g/mol. The molecular weight excluding hydrogens is 410 g/mol. The van der Waals surface area contributed by atoms with Crippen molar-refractivity contribution < 1.29 is 19.0 Å². The van der Waals surface area contributed by atoms with Gasteiger partial charge in [0.25, 0.3) is 0 Å². The van der Waals surface area contributed by atoms with Crippen molar-refractivity contribution in [3.8, 4) is 28.6 Å². The second-order valence-corrected chi connectivity index (χ2v) is 7.59. The molecule has 3 aromatic rings. The summed E-state index contributed by atoms with van der Waals surface area (Å²) in [4.78, 5) is 21.9. The first kappa shape index (κ1) is 20.0. The van der Waals surface area contributed by atoms with Gasteiger partial charge in [-0.3, -0.25) is 9.78 Å². The summed E-state index contributed by atoms with van der Waals surface area (Å²) in [5.74, 6) is 2.77. The van der Waals surface area contributed by atoms with Gasteiger partial charge in [0.05, 0.1) is 21.3 Å². The highest BCUT2D eigenvalue weighted by Gasteiger charge is 2.37. The largest absolute Gasteiger partial charge is 0.493 e. The van der Waals surface area contributed by atoms with Crippen molar-refractivity contribution in [1.29, 1.82) is 0 Å². The lowest BCUT2D eigenvalue weighted by Gasteiger charge is -2.32. The summed E-state index contributed by atoms with van der Waals surface area (Å²) in [7, 11) is 4.71. The highest BCUT2D eigenvalue weighted by atomic mass is 16.5. The van der Waals surface area contributed by atoms with Gasteiger partial charge in [0.15, 0.2) is 23.1 Å². The number of aromatic nitrogens is 4. The van der Waals surface area contributed by atoms with Crippen molar-refractivity contribution in [1.82, 2.24) is 19.7 Å². The van der Waals surface area contributed by atoms with Gasteiger partial charge >= 0.3 is 0 Å². The van der Waals surface area contributed by atoms with E-state index in [-0.39, 0.29) is 5.78 Å². The van der Waals surface area contributed by atoms with E-state index in [1.165, 1.54) is 0 Å². The van der Waals surface area contributed by atoms with Crippen LogP contribution in [0.15, 0.2) is 47.9 Å². The molecule has 1 aromatic carbocycles. The third-order valence-electron chi connectivity index (χ3n) is 5.81. The minimum atomic E-state index is -0.467. The Morgan fingerprint density at radius 1 is 1.03 bits per heavy atom. The summed E-state index contributed by atoms with van der Waals surface area (Å²) < 4.78 is 18.4. The van der Waals surface area contributed by atoms with E-state index in [4.69, 9.17) is 24.3 Å². The predicted octanol–water partition coefficient (Wildman–Crippen LogP) is 3.39. The number of carbonyl (C=O) groups is 1. The number of hydrogen-bond acceptors (Lipinski definition) is 8. The van der Waals surface area contributed by atoms with E-state index in [0.717, 1.165) is 29.7 Å². The fourth-order valence-corrected chi connectivity index (χ4v) is 4.35. The van der Waals surface area contributed by atoms with Gasteiger partial charge in [0.2, 0.25) is 11.7 Å². The van der Waals surface area contributed by atoms with Crippen LogP contribution in [0.3, 0.4) is 0 Å². The number of nitrogens with one attached hydrogen (secondary N) is 1. The number of nitrogens with zero attached hydrogens (tertiary/aromatic N) is 4. The Bertz CT molecular complexity index is 1190. The molecule has 0 radical (unpaired) electrons. The van der Waals surface area contributed by atoms with Crippen LogP contribution in [0.4, 0.5) is 5.95 Å². The smallest absolute Gasteiger partial charge is 0.226 e. The van der Waals surface area contributed by atoms with E-state index < -0.39 is 6.04 Å². The number of rotatable bonds is 5. The number of benzene rings is 1. The average Bonchev–Trinajstić information content (AvgIpc) is 3.26. The second-order valence-electron chi connectivity index (χ2n) is 7.59. The Balaban J connectivity index is 1.72. The first-order chi connectivity index (χ1) is 15.6. The second kappa shape index (κ2) is 7.99. The highest BCUT2D eigenvalue weighted by molar-refractivity contribution is 5.99. The molecule has 1 unspecified atom stereocenters. The summed E-state index contributed by atoms with van der Waals surface area (Å²) in [6.07, 6.45) is 5.48. The Labute approximate surface area is 185 Å². The number of ether oxygens (including phenoxy) is 3. The minimum Gasteiger partial charge on any atom is -0.493 e. The third-order valence-corrected chi connectivity index (χ3v) is 5.81. The zero-order valence-corrected chi connectivity index (χ0v) is 18.1. The molecule has 1 N–H and O–H groups in total. The van der Waals surface area contributed by atoms with E-state index in [1.54, 1.807) is 38.4 Å². The fourth-order valence-electron chi connectivity index (χ4n) is 4.35. The van der Waals surface area contributed by atoms with Gasteiger partial charge in [-0.1, -0.05) is 0 Å². The molecule has 0 amide bonds. The number of ketones is 1. The number of fused-ring (bicyclic) bond motifs is 1. The van der Waals surface area contributed by atoms with Gasteiger partial charge in [-0.2, -0.15) is 4.98 Å². The first-order valence-electron chi connectivity index (χ1n) is 10.3. The molecule has 0 bridgehead atoms. The molecule has 0 saturated heterocycles. The van der Waals surface area contributed by atoms with Crippen LogP contribution in [0.5, 0.6) is 17.2 Å². The molecule has 1 atom stereocenters. The lowest BCUT2D eigenvalue weighted by Crippen LogP contribution is -2.31. The van der Waals surface area contributed by atoms with Crippen LogP contribution < -0.4 is 19.5 Å². The number of hydrogen-bond donors (Lipinski definition) is 1. The number of allylic oxidation sites excluding steroid dienone is 2. The van der Waals surface area contributed by atoms with Crippen LogP contribution in [-0.4, -0.2) is 46.9 Å². The SMILES string of the molecule is COc1cc(C2C3=C(CCCC3=O)Nc3nc(-c4ccncc4)nn32)cc(OC)c1OC. The van der Waals surface area contributed by atoms with E-state index in [1.807, 2.05) is 24.3 Å².